The van der Waals surface area contributed by atoms with Crippen LogP contribution < -0.4 is 14.8 Å². The number of hydrogen-bond donors (Lipinski definition) is 1. The molecule has 1 N–H and O–H groups in total. The lowest BCUT2D eigenvalue weighted by Gasteiger charge is -2.11. The third kappa shape index (κ3) is 5.32. The van der Waals surface area contributed by atoms with Crippen molar-refractivity contribution in [1.82, 2.24) is 9.78 Å². The first-order chi connectivity index (χ1) is 14.1. The van der Waals surface area contributed by atoms with Gasteiger partial charge in [-0.3, -0.25) is 14.3 Å². The SMILES string of the molecule is COc1cc(/C=C/C(=O)c2ccnn2C)ccc1OCC(=O)Nc1ccccc1. The van der Waals surface area contributed by atoms with E-state index in [1.54, 1.807) is 55.7 Å². The highest BCUT2D eigenvalue weighted by Crippen LogP contribution is 2.28. The monoisotopic (exact) mass is 391 g/mol. The normalized spacial score (nSPS) is 10.7. The molecule has 0 radical (unpaired) electrons. The molecule has 7 nitrogen and oxygen atoms in total. The van der Waals surface area contributed by atoms with Crippen molar-refractivity contribution >= 4 is 23.5 Å². The van der Waals surface area contributed by atoms with E-state index >= 15 is 0 Å². The zero-order valence-electron chi connectivity index (χ0n) is 16.2. The summed E-state index contributed by atoms with van der Waals surface area (Å²) in [5, 5.41) is 6.74. The number of ether oxygens (including phenoxy) is 2. The van der Waals surface area contributed by atoms with Gasteiger partial charge in [0.05, 0.1) is 7.11 Å². The number of aromatic nitrogens is 2. The fourth-order valence-corrected chi connectivity index (χ4v) is 2.64. The van der Waals surface area contributed by atoms with Gasteiger partial charge in [0.25, 0.3) is 5.91 Å². The van der Waals surface area contributed by atoms with Crippen LogP contribution in [0.3, 0.4) is 0 Å². The number of benzene rings is 2. The van der Waals surface area contributed by atoms with Crippen LogP contribution in [0, 0.1) is 0 Å². The predicted molar refractivity (Wildman–Crippen MR) is 110 cm³/mol. The third-order valence-corrected chi connectivity index (χ3v) is 4.10. The third-order valence-electron chi connectivity index (χ3n) is 4.10. The molecular formula is C22H21N3O4. The van der Waals surface area contributed by atoms with Crippen molar-refractivity contribution in [3.8, 4) is 11.5 Å². The molecule has 3 rings (SSSR count). The molecule has 0 aliphatic heterocycles. The minimum absolute atomic E-state index is 0.151. The fourth-order valence-electron chi connectivity index (χ4n) is 2.64. The molecule has 29 heavy (non-hydrogen) atoms. The Balaban J connectivity index is 1.62. The number of ketones is 1. The first-order valence-electron chi connectivity index (χ1n) is 8.93. The molecule has 0 fully saturated rings. The zero-order valence-corrected chi connectivity index (χ0v) is 16.2. The molecule has 148 valence electrons. The molecule has 0 aliphatic rings. The van der Waals surface area contributed by atoms with Gasteiger partial charge in [-0.2, -0.15) is 5.10 Å². The maximum atomic E-state index is 12.2. The van der Waals surface area contributed by atoms with Crippen molar-refractivity contribution in [3.63, 3.8) is 0 Å². The molecule has 0 saturated heterocycles. The van der Waals surface area contributed by atoms with Gasteiger partial charge in [0.2, 0.25) is 5.78 Å². The highest BCUT2D eigenvalue weighted by atomic mass is 16.5. The number of amides is 1. The molecule has 0 atom stereocenters. The lowest BCUT2D eigenvalue weighted by Crippen LogP contribution is -2.20. The number of para-hydroxylation sites is 1. The average molecular weight is 391 g/mol. The predicted octanol–water partition coefficient (Wildman–Crippen LogP) is 3.34. The summed E-state index contributed by atoms with van der Waals surface area (Å²) in [7, 11) is 3.23. The Bertz CT molecular complexity index is 1030. The van der Waals surface area contributed by atoms with Crippen molar-refractivity contribution in [2.24, 2.45) is 7.05 Å². The highest BCUT2D eigenvalue weighted by Gasteiger charge is 2.10. The Kier molecular flexibility index (Phi) is 6.42. The number of nitrogens with one attached hydrogen (secondary N) is 1. The van der Waals surface area contributed by atoms with E-state index < -0.39 is 0 Å². The van der Waals surface area contributed by atoms with E-state index in [-0.39, 0.29) is 18.3 Å². The minimum atomic E-state index is -0.274. The number of aryl methyl sites for hydroxylation is 1. The van der Waals surface area contributed by atoms with Gasteiger partial charge in [0.15, 0.2) is 18.1 Å². The van der Waals surface area contributed by atoms with E-state index in [4.69, 9.17) is 9.47 Å². The van der Waals surface area contributed by atoms with Crippen molar-refractivity contribution in [1.29, 1.82) is 0 Å². The summed E-state index contributed by atoms with van der Waals surface area (Å²) >= 11 is 0. The number of carbonyl (C=O) groups excluding carboxylic acids is 2. The summed E-state index contributed by atoms with van der Waals surface area (Å²) in [5.41, 5.74) is 1.96. The van der Waals surface area contributed by atoms with Gasteiger partial charge in [-0.15, -0.1) is 0 Å². The van der Waals surface area contributed by atoms with Crippen molar-refractivity contribution < 1.29 is 19.1 Å². The average Bonchev–Trinajstić information content (AvgIpc) is 3.17. The van der Waals surface area contributed by atoms with E-state index in [0.29, 0.717) is 22.9 Å². The number of methoxy groups -OCH3 is 1. The largest absolute Gasteiger partial charge is 0.493 e. The Hall–Kier alpha value is -3.87. The van der Waals surface area contributed by atoms with E-state index in [1.807, 2.05) is 18.2 Å². The first kappa shape index (κ1) is 19.9. The second-order valence-electron chi connectivity index (χ2n) is 6.15. The number of carbonyl (C=O) groups is 2. The molecule has 0 spiro atoms. The maximum absolute atomic E-state index is 12.2. The summed E-state index contributed by atoms with van der Waals surface area (Å²) in [6.45, 7) is -0.153. The Morgan fingerprint density at radius 2 is 1.90 bits per heavy atom. The van der Waals surface area contributed by atoms with Crippen LogP contribution in [0.25, 0.3) is 6.08 Å². The minimum Gasteiger partial charge on any atom is -0.493 e. The fraction of sp³-hybridized carbons (Fsp3) is 0.136. The molecule has 7 heteroatoms. The van der Waals surface area contributed by atoms with E-state index in [1.165, 1.54) is 17.9 Å². The molecular weight excluding hydrogens is 370 g/mol. The maximum Gasteiger partial charge on any atom is 0.262 e. The standard InChI is InChI=1S/C22H21N3O4/c1-25-18(12-13-23-25)19(26)10-8-16-9-11-20(21(14-16)28-2)29-15-22(27)24-17-6-4-3-5-7-17/h3-14H,15H2,1-2H3,(H,24,27)/b10-8+. The lowest BCUT2D eigenvalue weighted by atomic mass is 10.1. The van der Waals surface area contributed by atoms with Gasteiger partial charge < -0.3 is 14.8 Å². The molecule has 1 aromatic heterocycles. The van der Waals surface area contributed by atoms with Crippen molar-refractivity contribution in [3.05, 3.63) is 78.1 Å². The summed E-state index contributed by atoms with van der Waals surface area (Å²) in [6, 6.07) is 16.0. The van der Waals surface area contributed by atoms with Gasteiger partial charge in [-0.1, -0.05) is 30.3 Å². The van der Waals surface area contributed by atoms with Crippen LogP contribution in [0.15, 0.2) is 66.9 Å². The van der Waals surface area contributed by atoms with Crippen LogP contribution in [0.4, 0.5) is 5.69 Å². The molecule has 3 aromatic rings. The quantitative estimate of drug-likeness (QED) is 0.470. The molecule has 0 aliphatic carbocycles. The molecule has 1 heterocycles. The number of allylic oxidation sites excluding steroid dienone is 1. The molecule has 1 amide bonds. The van der Waals surface area contributed by atoms with E-state index in [9.17, 15) is 9.59 Å². The Morgan fingerprint density at radius 1 is 1.10 bits per heavy atom. The summed E-state index contributed by atoms with van der Waals surface area (Å²) in [4.78, 5) is 24.2. The molecule has 0 saturated carbocycles. The first-order valence-corrected chi connectivity index (χ1v) is 8.93. The topological polar surface area (TPSA) is 82.4 Å². The lowest BCUT2D eigenvalue weighted by molar-refractivity contribution is -0.118. The number of rotatable bonds is 8. The van der Waals surface area contributed by atoms with Crippen LogP contribution in [-0.2, 0) is 11.8 Å². The highest BCUT2D eigenvalue weighted by molar-refractivity contribution is 6.05. The van der Waals surface area contributed by atoms with Gasteiger partial charge in [0, 0.05) is 18.9 Å². The second kappa shape index (κ2) is 9.36. The molecule has 2 aromatic carbocycles. The van der Waals surface area contributed by atoms with E-state index in [0.717, 1.165) is 5.56 Å². The number of hydrogen-bond acceptors (Lipinski definition) is 5. The van der Waals surface area contributed by atoms with Gasteiger partial charge in [-0.25, -0.2) is 0 Å². The van der Waals surface area contributed by atoms with E-state index in [2.05, 4.69) is 10.4 Å². The second-order valence-corrected chi connectivity index (χ2v) is 6.15. The summed E-state index contributed by atoms with van der Waals surface area (Å²) < 4.78 is 12.4. The number of anilines is 1. The number of nitrogens with zero attached hydrogens (tertiary/aromatic N) is 2. The zero-order chi connectivity index (χ0) is 20.6. The Morgan fingerprint density at radius 3 is 2.59 bits per heavy atom. The van der Waals surface area contributed by atoms with Crippen molar-refractivity contribution in [2.45, 2.75) is 0 Å². The summed E-state index contributed by atoms with van der Waals surface area (Å²) in [5.74, 6) is 0.476. The van der Waals surface area contributed by atoms with Crippen LogP contribution >= 0.6 is 0 Å². The van der Waals surface area contributed by atoms with Gasteiger partial charge in [0.1, 0.15) is 5.69 Å². The van der Waals surface area contributed by atoms with Gasteiger partial charge in [-0.05, 0) is 42.0 Å². The van der Waals surface area contributed by atoms with Crippen molar-refractivity contribution in [2.75, 3.05) is 19.0 Å². The van der Waals surface area contributed by atoms with Crippen LogP contribution in [0.1, 0.15) is 16.1 Å². The van der Waals surface area contributed by atoms with Crippen LogP contribution in [-0.4, -0.2) is 35.2 Å². The molecule has 0 bridgehead atoms. The molecule has 0 unspecified atom stereocenters. The smallest absolute Gasteiger partial charge is 0.262 e. The van der Waals surface area contributed by atoms with Crippen LogP contribution in [0.2, 0.25) is 0 Å². The van der Waals surface area contributed by atoms with Gasteiger partial charge >= 0.3 is 0 Å². The van der Waals surface area contributed by atoms with Crippen LogP contribution in [0.5, 0.6) is 11.5 Å². The summed E-state index contributed by atoms with van der Waals surface area (Å²) in [6.07, 6.45) is 4.73. The Labute approximate surface area is 168 Å².